The van der Waals surface area contributed by atoms with Gasteiger partial charge in [-0.1, -0.05) is 45.4 Å². The number of carbonyl (C=O) groups excluding carboxylic acids is 1. The van der Waals surface area contributed by atoms with Crippen molar-refractivity contribution in [3.05, 3.63) is 30.3 Å². The Morgan fingerprint density at radius 2 is 1.83 bits per heavy atom. The highest BCUT2D eigenvalue weighted by Crippen LogP contribution is 2.08. The molecule has 0 radical (unpaired) electrons. The summed E-state index contributed by atoms with van der Waals surface area (Å²) in [5.41, 5.74) is 0. The van der Waals surface area contributed by atoms with Gasteiger partial charge in [-0.25, -0.2) is 0 Å². The Morgan fingerprint density at radius 1 is 1.17 bits per heavy atom. The standard InChI is InChI=1S/C13H19NO2.C2H6/c1-2-3-10-14-11-9-13(15)16-12-7-5-4-6-8-12;1-2/h4-8,14H,2-3,9-11H2,1H3;1-2H3. The minimum absolute atomic E-state index is 0.185. The molecule has 0 aliphatic carbocycles. The first-order chi connectivity index (χ1) is 8.83. The number of nitrogens with one attached hydrogen (secondary N) is 1. The monoisotopic (exact) mass is 251 g/mol. The largest absolute Gasteiger partial charge is 0.426 e. The smallest absolute Gasteiger partial charge is 0.312 e. The first-order valence-electron chi connectivity index (χ1n) is 6.79. The third kappa shape index (κ3) is 8.76. The van der Waals surface area contributed by atoms with Gasteiger partial charge >= 0.3 is 5.97 Å². The van der Waals surface area contributed by atoms with Gasteiger partial charge in [-0.2, -0.15) is 0 Å². The van der Waals surface area contributed by atoms with Crippen molar-refractivity contribution in [2.75, 3.05) is 13.1 Å². The molecule has 0 spiro atoms. The zero-order valence-electron chi connectivity index (χ0n) is 11.7. The molecular formula is C15H25NO2. The molecule has 1 rings (SSSR count). The highest BCUT2D eigenvalue weighted by molar-refractivity contribution is 5.72. The summed E-state index contributed by atoms with van der Waals surface area (Å²) in [6, 6.07) is 9.15. The Morgan fingerprint density at radius 3 is 2.44 bits per heavy atom. The van der Waals surface area contributed by atoms with Crippen LogP contribution in [-0.2, 0) is 4.79 Å². The van der Waals surface area contributed by atoms with Crippen LogP contribution < -0.4 is 10.1 Å². The molecular weight excluding hydrogens is 226 g/mol. The minimum Gasteiger partial charge on any atom is -0.426 e. The van der Waals surface area contributed by atoms with Crippen LogP contribution in [0.5, 0.6) is 5.75 Å². The van der Waals surface area contributed by atoms with Crippen LogP contribution in [0.3, 0.4) is 0 Å². The Bertz CT molecular complexity index is 299. The van der Waals surface area contributed by atoms with Gasteiger partial charge in [0.05, 0.1) is 6.42 Å². The van der Waals surface area contributed by atoms with Gasteiger partial charge in [0.25, 0.3) is 0 Å². The van der Waals surface area contributed by atoms with Crippen molar-refractivity contribution < 1.29 is 9.53 Å². The third-order valence-corrected chi connectivity index (χ3v) is 2.19. The van der Waals surface area contributed by atoms with Crippen LogP contribution in [0.2, 0.25) is 0 Å². The van der Waals surface area contributed by atoms with Gasteiger partial charge in [0.1, 0.15) is 5.75 Å². The van der Waals surface area contributed by atoms with E-state index in [0.717, 1.165) is 13.0 Å². The van der Waals surface area contributed by atoms with Crippen LogP contribution in [0.15, 0.2) is 30.3 Å². The first-order valence-corrected chi connectivity index (χ1v) is 6.79. The molecule has 0 saturated carbocycles. The van der Waals surface area contributed by atoms with Gasteiger partial charge in [0.2, 0.25) is 0 Å². The predicted molar refractivity (Wildman–Crippen MR) is 75.8 cm³/mol. The molecule has 0 saturated heterocycles. The maximum Gasteiger partial charge on any atom is 0.312 e. The number of hydrogen-bond acceptors (Lipinski definition) is 3. The lowest BCUT2D eigenvalue weighted by Gasteiger charge is -2.04. The van der Waals surface area contributed by atoms with Gasteiger partial charge in [-0.3, -0.25) is 4.79 Å². The Hall–Kier alpha value is -1.35. The molecule has 0 aromatic heterocycles. The van der Waals surface area contributed by atoms with Crippen LogP contribution in [0.1, 0.15) is 40.0 Å². The van der Waals surface area contributed by atoms with Crippen molar-refractivity contribution in [2.24, 2.45) is 0 Å². The fourth-order valence-corrected chi connectivity index (χ4v) is 1.29. The van der Waals surface area contributed by atoms with Crippen LogP contribution in [0, 0.1) is 0 Å². The minimum atomic E-state index is -0.185. The van der Waals surface area contributed by atoms with Gasteiger partial charge < -0.3 is 10.1 Å². The normalized spacial score (nSPS) is 9.28. The van der Waals surface area contributed by atoms with E-state index < -0.39 is 0 Å². The van der Waals surface area contributed by atoms with Crippen molar-refractivity contribution in [2.45, 2.75) is 40.0 Å². The van der Waals surface area contributed by atoms with E-state index >= 15 is 0 Å². The predicted octanol–water partition coefficient (Wildman–Crippen LogP) is 3.40. The number of ether oxygens (including phenoxy) is 1. The summed E-state index contributed by atoms with van der Waals surface area (Å²) in [4.78, 5) is 11.4. The number of unbranched alkanes of at least 4 members (excludes halogenated alkanes) is 1. The van der Waals surface area contributed by atoms with Gasteiger partial charge in [-0.15, -0.1) is 0 Å². The molecule has 0 atom stereocenters. The summed E-state index contributed by atoms with van der Waals surface area (Å²) in [7, 11) is 0. The zero-order valence-corrected chi connectivity index (χ0v) is 11.7. The van der Waals surface area contributed by atoms with E-state index in [1.54, 1.807) is 12.1 Å². The first kappa shape index (κ1) is 16.6. The SMILES string of the molecule is CC.CCCCNCCC(=O)Oc1ccccc1. The van der Waals surface area contributed by atoms with Gasteiger partial charge in [0.15, 0.2) is 0 Å². The second-order valence-electron chi connectivity index (χ2n) is 3.64. The van der Waals surface area contributed by atoms with Crippen LogP contribution in [0.4, 0.5) is 0 Å². The molecule has 3 nitrogen and oxygen atoms in total. The summed E-state index contributed by atoms with van der Waals surface area (Å²) in [6.45, 7) is 7.80. The Balaban J connectivity index is 0.00000137. The van der Waals surface area contributed by atoms with Crippen LogP contribution in [0.25, 0.3) is 0 Å². The van der Waals surface area contributed by atoms with Gasteiger partial charge in [0, 0.05) is 6.54 Å². The molecule has 1 aromatic rings. The topological polar surface area (TPSA) is 38.3 Å². The molecule has 0 aliphatic rings. The van der Waals surface area contributed by atoms with Crippen LogP contribution >= 0.6 is 0 Å². The molecule has 18 heavy (non-hydrogen) atoms. The molecule has 1 aromatic carbocycles. The molecule has 0 heterocycles. The van der Waals surface area contributed by atoms with Crippen molar-refractivity contribution in [3.8, 4) is 5.75 Å². The summed E-state index contributed by atoms with van der Waals surface area (Å²) >= 11 is 0. The third-order valence-electron chi connectivity index (χ3n) is 2.19. The molecule has 0 unspecified atom stereocenters. The number of rotatable bonds is 7. The summed E-state index contributed by atoms with van der Waals surface area (Å²) in [5, 5.41) is 3.20. The molecule has 0 fully saturated rings. The van der Waals surface area contributed by atoms with E-state index in [0.29, 0.717) is 18.7 Å². The van der Waals surface area contributed by atoms with Crippen LogP contribution in [-0.4, -0.2) is 19.1 Å². The average molecular weight is 251 g/mol. The number of para-hydroxylation sites is 1. The van der Waals surface area contributed by atoms with Crippen molar-refractivity contribution in [1.82, 2.24) is 5.32 Å². The van der Waals surface area contributed by atoms with E-state index in [1.165, 1.54) is 6.42 Å². The highest BCUT2D eigenvalue weighted by Gasteiger charge is 2.03. The number of esters is 1. The van der Waals surface area contributed by atoms with E-state index in [9.17, 15) is 4.79 Å². The lowest BCUT2D eigenvalue weighted by atomic mass is 10.3. The highest BCUT2D eigenvalue weighted by atomic mass is 16.5. The zero-order chi connectivity index (χ0) is 13.6. The molecule has 3 heteroatoms. The number of benzene rings is 1. The molecule has 1 N–H and O–H groups in total. The Labute approximate surface area is 111 Å². The van der Waals surface area contributed by atoms with E-state index in [1.807, 2.05) is 32.0 Å². The maximum atomic E-state index is 11.4. The second kappa shape index (κ2) is 12.1. The van der Waals surface area contributed by atoms with Crippen molar-refractivity contribution >= 4 is 5.97 Å². The lowest BCUT2D eigenvalue weighted by Crippen LogP contribution is -2.21. The molecule has 0 amide bonds. The van der Waals surface area contributed by atoms with E-state index in [4.69, 9.17) is 4.74 Å². The number of hydrogen-bond donors (Lipinski definition) is 1. The maximum absolute atomic E-state index is 11.4. The summed E-state index contributed by atoms with van der Waals surface area (Å²) in [6.07, 6.45) is 2.73. The molecule has 0 bridgehead atoms. The number of carbonyl (C=O) groups is 1. The fraction of sp³-hybridized carbons (Fsp3) is 0.533. The summed E-state index contributed by atoms with van der Waals surface area (Å²) < 4.78 is 5.14. The van der Waals surface area contributed by atoms with Crippen molar-refractivity contribution in [3.63, 3.8) is 0 Å². The average Bonchev–Trinajstić information content (AvgIpc) is 2.42. The van der Waals surface area contributed by atoms with E-state index in [-0.39, 0.29) is 5.97 Å². The molecule has 0 aliphatic heterocycles. The summed E-state index contributed by atoms with van der Waals surface area (Å²) in [5.74, 6) is 0.427. The van der Waals surface area contributed by atoms with E-state index in [2.05, 4.69) is 12.2 Å². The molecule has 102 valence electrons. The Kier molecular flexibility index (Phi) is 11.2. The van der Waals surface area contributed by atoms with Crippen molar-refractivity contribution in [1.29, 1.82) is 0 Å². The van der Waals surface area contributed by atoms with Gasteiger partial charge in [-0.05, 0) is 25.1 Å². The fourth-order valence-electron chi connectivity index (χ4n) is 1.29. The quantitative estimate of drug-likeness (QED) is 0.458. The lowest BCUT2D eigenvalue weighted by molar-refractivity contribution is -0.134. The second-order valence-corrected chi connectivity index (χ2v) is 3.64.